The zero-order valence-corrected chi connectivity index (χ0v) is 16.8. The quantitative estimate of drug-likeness (QED) is 0.430. The summed E-state index contributed by atoms with van der Waals surface area (Å²) in [6, 6.07) is 0. The Bertz CT molecular complexity index is 408. The lowest BCUT2D eigenvalue weighted by Crippen LogP contribution is -2.19. The van der Waals surface area contributed by atoms with Crippen molar-refractivity contribution in [2.45, 2.75) is 106 Å². The highest BCUT2D eigenvalue weighted by Gasteiger charge is 2.20. The lowest BCUT2D eigenvalue weighted by molar-refractivity contribution is -0.127. The molecule has 0 fully saturated rings. The molecule has 0 bridgehead atoms. The van der Waals surface area contributed by atoms with Crippen LogP contribution < -0.4 is 0 Å². The third-order valence-corrected chi connectivity index (χ3v) is 4.39. The Kier molecular flexibility index (Phi) is 10.3. The van der Waals surface area contributed by atoms with E-state index in [1.165, 1.54) is 0 Å². The predicted molar refractivity (Wildman–Crippen MR) is 100 cm³/mol. The Morgan fingerprint density at radius 2 is 0.792 bits per heavy atom. The van der Waals surface area contributed by atoms with Crippen LogP contribution >= 0.6 is 0 Å². The molecule has 0 atom stereocenters. The molecule has 0 aromatic carbocycles. The topological polar surface area (TPSA) is 51.2 Å². The van der Waals surface area contributed by atoms with Crippen LogP contribution in [0.3, 0.4) is 0 Å². The second-order valence-electron chi connectivity index (χ2n) is 9.01. The molecule has 0 aromatic heterocycles. The molecule has 0 amide bonds. The number of Topliss-reactive ketones (excluding diaryl/α,β-unsaturated/α-hetero) is 3. The van der Waals surface area contributed by atoms with Gasteiger partial charge in [0.05, 0.1) is 0 Å². The predicted octanol–water partition coefficient (Wildman–Crippen LogP) is 5.69. The fourth-order valence-corrected chi connectivity index (χ4v) is 2.44. The van der Waals surface area contributed by atoms with E-state index in [0.29, 0.717) is 37.2 Å². The normalized spacial score (nSPS) is 12.2. The van der Waals surface area contributed by atoms with Crippen molar-refractivity contribution in [2.24, 2.45) is 10.8 Å². The molecule has 0 aliphatic heterocycles. The Morgan fingerprint density at radius 1 is 0.500 bits per heavy atom. The fourth-order valence-electron chi connectivity index (χ4n) is 2.44. The lowest BCUT2D eigenvalue weighted by Gasteiger charge is -2.16. The largest absolute Gasteiger partial charge is 0.300 e. The van der Waals surface area contributed by atoms with Gasteiger partial charge in [-0.3, -0.25) is 14.4 Å². The minimum atomic E-state index is -0.265. The van der Waals surface area contributed by atoms with Crippen molar-refractivity contribution in [2.75, 3.05) is 0 Å². The molecule has 3 nitrogen and oxygen atoms in total. The van der Waals surface area contributed by atoms with Gasteiger partial charge in [0.25, 0.3) is 0 Å². The maximum atomic E-state index is 11.8. The molecular weight excluding hydrogens is 300 g/mol. The molecule has 0 aromatic rings. The van der Waals surface area contributed by atoms with Gasteiger partial charge in [0.15, 0.2) is 0 Å². The Labute approximate surface area is 149 Å². The summed E-state index contributed by atoms with van der Waals surface area (Å²) >= 11 is 0. The van der Waals surface area contributed by atoms with Crippen LogP contribution in [0, 0.1) is 10.8 Å². The van der Waals surface area contributed by atoms with Gasteiger partial charge in [-0.1, -0.05) is 54.4 Å². The zero-order valence-electron chi connectivity index (χ0n) is 16.8. The average Bonchev–Trinajstić information content (AvgIpc) is 2.44. The van der Waals surface area contributed by atoms with Crippen LogP contribution in [0.5, 0.6) is 0 Å². The maximum absolute atomic E-state index is 11.8. The minimum Gasteiger partial charge on any atom is -0.300 e. The van der Waals surface area contributed by atoms with Crippen LogP contribution in [0.25, 0.3) is 0 Å². The molecule has 0 heterocycles. The summed E-state index contributed by atoms with van der Waals surface area (Å²) in [5, 5.41) is 0. The number of ketones is 3. The summed E-state index contributed by atoms with van der Waals surface area (Å²) in [4.78, 5) is 35.4. The monoisotopic (exact) mass is 338 g/mol. The highest BCUT2D eigenvalue weighted by Crippen LogP contribution is 2.20. The van der Waals surface area contributed by atoms with Crippen LogP contribution in [-0.4, -0.2) is 17.3 Å². The zero-order chi connectivity index (χ0) is 18.8. The molecule has 0 radical (unpaired) electrons. The molecule has 140 valence electrons. The number of hydrogen-bond acceptors (Lipinski definition) is 3. The van der Waals surface area contributed by atoms with Crippen LogP contribution in [0.4, 0.5) is 0 Å². The summed E-state index contributed by atoms with van der Waals surface area (Å²) in [7, 11) is 0. The van der Waals surface area contributed by atoms with Crippen molar-refractivity contribution in [3.8, 4) is 0 Å². The molecule has 24 heavy (non-hydrogen) atoms. The highest BCUT2D eigenvalue weighted by molar-refractivity contribution is 5.84. The van der Waals surface area contributed by atoms with Crippen molar-refractivity contribution in [3.63, 3.8) is 0 Å². The van der Waals surface area contributed by atoms with Gasteiger partial charge in [-0.2, -0.15) is 0 Å². The van der Waals surface area contributed by atoms with E-state index in [4.69, 9.17) is 0 Å². The summed E-state index contributed by atoms with van der Waals surface area (Å²) in [5.41, 5.74) is -0.497. The van der Waals surface area contributed by atoms with Crippen molar-refractivity contribution in [1.29, 1.82) is 0 Å². The van der Waals surface area contributed by atoms with Gasteiger partial charge < -0.3 is 0 Å². The van der Waals surface area contributed by atoms with Crippen molar-refractivity contribution >= 4 is 17.3 Å². The second kappa shape index (κ2) is 10.8. The first-order valence-corrected chi connectivity index (χ1v) is 9.53. The molecular formula is C21H38O3. The molecule has 0 N–H and O–H groups in total. The van der Waals surface area contributed by atoms with Crippen LogP contribution in [-0.2, 0) is 14.4 Å². The van der Waals surface area contributed by atoms with Gasteiger partial charge in [-0.25, -0.2) is 0 Å². The van der Waals surface area contributed by atoms with E-state index in [2.05, 4.69) is 0 Å². The van der Waals surface area contributed by atoms with E-state index in [1.807, 2.05) is 41.5 Å². The first-order valence-electron chi connectivity index (χ1n) is 9.53. The average molecular weight is 339 g/mol. The second-order valence-corrected chi connectivity index (χ2v) is 9.01. The first kappa shape index (κ1) is 23.0. The Balaban J connectivity index is 3.58. The lowest BCUT2D eigenvalue weighted by atomic mass is 9.87. The number of hydrogen-bond donors (Lipinski definition) is 0. The smallest absolute Gasteiger partial charge is 0.138 e. The third-order valence-electron chi connectivity index (χ3n) is 4.39. The van der Waals surface area contributed by atoms with Gasteiger partial charge in [-0.15, -0.1) is 0 Å². The number of rotatable bonds is 12. The molecule has 0 saturated heterocycles. The molecule has 0 aliphatic rings. The maximum Gasteiger partial charge on any atom is 0.138 e. The number of carbonyl (C=O) groups excluding carboxylic acids is 3. The van der Waals surface area contributed by atoms with Crippen LogP contribution in [0.15, 0.2) is 0 Å². The van der Waals surface area contributed by atoms with Crippen molar-refractivity contribution < 1.29 is 14.4 Å². The van der Waals surface area contributed by atoms with Gasteiger partial charge >= 0.3 is 0 Å². The standard InChI is InChI=1S/C21H38O3/c1-20(2,3)18(23)15-10-8-7-9-13-17(22)14-11-12-16-19(24)21(4,5)6/h7-16H2,1-6H3. The SMILES string of the molecule is CC(C)(C)C(=O)CCCCCCC(=O)CCCCC(=O)C(C)(C)C. The van der Waals surface area contributed by atoms with E-state index < -0.39 is 0 Å². The van der Waals surface area contributed by atoms with Gasteiger partial charge in [-0.05, 0) is 25.7 Å². The van der Waals surface area contributed by atoms with Gasteiger partial charge in [0.1, 0.15) is 17.3 Å². The minimum absolute atomic E-state index is 0.232. The van der Waals surface area contributed by atoms with Crippen molar-refractivity contribution in [3.05, 3.63) is 0 Å². The van der Waals surface area contributed by atoms with E-state index in [-0.39, 0.29) is 16.6 Å². The number of unbranched alkanes of at least 4 members (excludes halogenated alkanes) is 4. The number of carbonyl (C=O) groups is 3. The van der Waals surface area contributed by atoms with E-state index >= 15 is 0 Å². The summed E-state index contributed by atoms with van der Waals surface area (Å²) in [5.74, 6) is 0.909. The van der Waals surface area contributed by atoms with E-state index in [1.54, 1.807) is 0 Å². The Hall–Kier alpha value is -0.990. The molecule has 3 heteroatoms. The molecule has 0 rings (SSSR count). The highest BCUT2D eigenvalue weighted by atomic mass is 16.1. The van der Waals surface area contributed by atoms with Crippen LogP contribution in [0.1, 0.15) is 106 Å². The van der Waals surface area contributed by atoms with Crippen molar-refractivity contribution in [1.82, 2.24) is 0 Å². The van der Waals surface area contributed by atoms with Gasteiger partial charge in [0, 0.05) is 36.5 Å². The summed E-state index contributed by atoms with van der Waals surface area (Å²) < 4.78 is 0. The van der Waals surface area contributed by atoms with Gasteiger partial charge in [0.2, 0.25) is 0 Å². The van der Waals surface area contributed by atoms with Crippen LogP contribution in [0.2, 0.25) is 0 Å². The summed E-state index contributed by atoms with van der Waals surface area (Å²) in [6.45, 7) is 11.7. The molecule has 0 aliphatic carbocycles. The summed E-state index contributed by atoms with van der Waals surface area (Å²) in [6.07, 6.45) is 8.00. The Morgan fingerprint density at radius 3 is 1.17 bits per heavy atom. The molecule has 0 saturated carbocycles. The molecule has 0 unspecified atom stereocenters. The fraction of sp³-hybridized carbons (Fsp3) is 0.857. The third kappa shape index (κ3) is 11.5. The first-order chi connectivity index (χ1) is 10.9. The molecule has 0 spiro atoms. The van der Waals surface area contributed by atoms with E-state index in [0.717, 1.165) is 38.5 Å². The van der Waals surface area contributed by atoms with E-state index in [9.17, 15) is 14.4 Å².